The van der Waals surface area contributed by atoms with Gasteiger partial charge in [-0.2, -0.15) is 0 Å². The minimum atomic E-state index is -0.475. The number of carbonyl (C=O) groups is 1. The van der Waals surface area contributed by atoms with Crippen molar-refractivity contribution >= 4 is 5.91 Å². The van der Waals surface area contributed by atoms with Crippen molar-refractivity contribution in [2.45, 2.75) is 45.8 Å². The smallest absolute Gasteiger partial charge is 0.221 e. The fourth-order valence-electron chi connectivity index (χ4n) is 0.909. The minimum Gasteiger partial charge on any atom is -0.391 e. The molecule has 0 bridgehead atoms. The molecule has 0 heterocycles. The van der Waals surface area contributed by atoms with Crippen molar-refractivity contribution in [1.29, 1.82) is 0 Å². The average molecular weight is 202 g/mol. The summed E-state index contributed by atoms with van der Waals surface area (Å²) in [6.45, 7) is 6.08. The molecule has 0 saturated heterocycles. The number of nitrogens with one attached hydrogen (secondary N) is 1. The Hall–Kier alpha value is -0.610. The molecule has 4 heteroatoms. The van der Waals surface area contributed by atoms with Gasteiger partial charge in [0.05, 0.1) is 6.10 Å². The van der Waals surface area contributed by atoms with Crippen LogP contribution in [0.25, 0.3) is 0 Å². The fraction of sp³-hybridized carbons (Fsp3) is 0.900. The maximum absolute atomic E-state index is 11.2. The summed E-state index contributed by atoms with van der Waals surface area (Å²) in [6.07, 6.45) is 0.651. The Bertz CT molecular complexity index is 172. The zero-order valence-corrected chi connectivity index (χ0v) is 9.29. The molecule has 0 spiro atoms. The Morgan fingerprint density at radius 2 is 2.07 bits per heavy atom. The molecule has 4 N–H and O–H groups in total. The topological polar surface area (TPSA) is 75.4 Å². The molecule has 14 heavy (non-hydrogen) atoms. The number of aliphatic hydroxyl groups excluding tert-OH is 1. The molecule has 2 unspecified atom stereocenters. The van der Waals surface area contributed by atoms with Gasteiger partial charge in [-0.05, 0) is 12.3 Å². The molecule has 2 atom stereocenters. The largest absolute Gasteiger partial charge is 0.391 e. The predicted octanol–water partition coefficient (Wildman–Crippen LogP) is 0.247. The number of hydrogen-bond acceptors (Lipinski definition) is 3. The number of nitrogens with two attached hydrogens (primary N) is 1. The summed E-state index contributed by atoms with van der Waals surface area (Å²) in [6, 6.07) is -0.0776. The summed E-state index contributed by atoms with van der Waals surface area (Å²) in [7, 11) is 0. The molecular formula is C10H22N2O2. The van der Waals surface area contributed by atoms with Crippen LogP contribution in [0.4, 0.5) is 0 Å². The second kappa shape index (κ2) is 6.79. The van der Waals surface area contributed by atoms with E-state index < -0.39 is 6.10 Å². The van der Waals surface area contributed by atoms with Crippen LogP contribution in [0, 0.1) is 5.92 Å². The van der Waals surface area contributed by atoms with Crippen molar-refractivity contribution in [2.75, 3.05) is 6.54 Å². The summed E-state index contributed by atoms with van der Waals surface area (Å²) in [4.78, 5) is 11.2. The van der Waals surface area contributed by atoms with Crippen LogP contribution in [0.1, 0.15) is 33.6 Å². The van der Waals surface area contributed by atoms with E-state index in [0.717, 1.165) is 6.42 Å². The van der Waals surface area contributed by atoms with Gasteiger partial charge in [-0.25, -0.2) is 0 Å². The van der Waals surface area contributed by atoms with Crippen molar-refractivity contribution in [1.82, 2.24) is 5.32 Å². The van der Waals surface area contributed by atoms with Crippen LogP contribution < -0.4 is 11.1 Å². The first kappa shape index (κ1) is 13.4. The monoisotopic (exact) mass is 202 g/mol. The summed E-state index contributed by atoms with van der Waals surface area (Å²) in [5, 5.41) is 12.1. The Labute approximate surface area is 85.9 Å². The van der Waals surface area contributed by atoms with E-state index in [1.807, 2.05) is 20.8 Å². The Balaban J connectivity index is 3.64. The molecule has 84 valence electrons. The zero-order valence-electron chi connectivity index (χ0n) is 9.29. The van der Waals surface area contributed by atoms with Crippen LogP contribution in [-0.2, 0) is 4.79 Å². The Morgan fingerprint density at radius 3 is 2.50 bits per heavy atom. The maximum Gasteiger partial charge on any atom is 0.221 e. The van der Waals surface area contributed by atoms with E-state index >= 15 is 0 Å². The molecule has 0 aliphatic carbocycles. The molecule has 0 aromatic heterocycles. The van der Waals surface area contributed by atoms with Crippen LogP contribution in [0.2, 0.25) is 0 Å². The molecule has 0 fully saturated rings. The first-order valence-electron chi connectivity index (χ1n) is 5.17. The van der Waals surface area contributed by atoms with Gasteiger partial charge in [0.1, 0.15) is 0 Å². The van der Waals surface area contributed by atoms with Gasteiger partial charge in [0, 0.05) is 19.0 Å². The molecule has 0 aromatic rings. The van der Waals surface area contributed by atoms with Crippen LogP contribution >= 0.6 is 0 Å². The predicted molar refractivity (Wildman–Crippen MR) is 56.7 cm³/mol. The number of aliphatic hydroxyl groups is 1. The van der Waals surface area contributed by atoms with E-state index in [9.17, 15) is 9.90 Å². The lowest BCUT2D eigenvalue weighted by Gasteiger charge is -2.15. The number of carbonyl (C=O) groups excluding carboxylic acids is 1. The van der Waals surface area contributed by atoms with E-state index in [4.69, 9.17) is 5.73 Å². The van der Waals surface area contributed by atoms with Crippen LogP contribution in [0.5, 0.6) is 0 Å². The van der Waals surface area contributed by atoms with E-state index in [1.165, 1.54) is 0 Å². The van der Waals surface area contributed by atoms with Crippen LogP contribution in [0.3, 0.4) is 0 Å². The lowest BCUT2D eigenvalue weighted by molar-refractivity contribution is -0.122. The standard InChI is InChI=1S/C10H22N2O2/c1-4-8(11)5-10(14)12-6-9(13)7(2)3/h7-9,13H,4-6,11H2,1-3H3,(H,12,14). The van der Waals surface area contributed by atoms with E-state index in [1.54, 1.807) is 0 Å². The van der Waals surface area contributed by atoms with Gasteiger partial charge in [-0.15, -0.1) is 0 Å². The summed E-state index contributed by atoms with van der Waals surface area (Å²) >= 11 is 0. The molecule has 0 saturated carbocycles. The molecule has 0 aromatic carbocycles. The van der Waals surface area contributed by atoms with Gasteiger partial charge in [-0.1, -0.05) is 20.8 Å². The summed E-state index contributed by atoms with van der Waals surface area (Å²) in [5.41, 5.74) is 5.62. The number of rotatable bonds is 6. The SMILES string of the molecule is CCC(N)CC(=O)NCC(O)C(C)C. The third kappa shape index (κ3) is 5.94. The van der Waals surface area contributed by atoms with Crippen LogP contribution in [-0.4, -0.2) is 29.7 Å². The highest BCUT2D eigenvalue weighted by atomic mass is 16.3. The van der Waals surface area contributed by atoms with Crippen molar-refractivity contribution in [2.24, 2.45) is 11.7 Å². The highest BCUT2D eigenvalue weighted by molar-refractivity contribution is 5.76. The third-order valence-electron chi connectivity index (χ3n) is 2.25. The molecular weight excluding hydrogens is 180 g/mol. The van der Waals surface area contributed by atoms with Crippen molar-refractivity contribution in [3.63, 3.8) is 0 Å². The lowest BCUT2D eigenvalue weighted by Crippen LogP contribution is -2.37. The zero-order chi connectivity index (χ0) is 11.1. The highest BCUT2D eigenvalue weighted by Crippen LogP contribution is 1.99. The highest BCUT2D eigenvalue weighted by Gasteiger charge is 2.12. The lowest BCUT2D eigenvalue weighted by atomic mass is 10.1. The number of hydrogen-bond donors (Lipinski definition) is 3. The molecule has 0 aliphatic rings. The van der Waals surface area contributed by atoms with Crippen molar-refractivity contribution in [3.05, 3.63) is 0 Å². The van der Waals surface area contributed by atoms with Gasteiger partial charge in [0.25, 0.3) is 0 Å². The number of amides is 1. The molecule has 0 radical (unpaired) electrons. The van der Waals surface area contributed by atoms with Gasteiger partial charge in [0.15, 0.2) is 0 Å². The molecule has 0 aliphatic heterocycles. The third-order valence-corrected chi connectivity index (χ3v) is 2.25. The Morgan fingerprint density at radius 1 is 1.50 bits per heavy atom. The quantitative estimate of drug-likeness (QED) is 0.578. The first-order chi connectivity index (χ1) is 6.47. The molecule has 0 rings (SSSR count). The second-order valence-corrected chi connectivity index (χ2v) is 3.99. The summed E-state index contributed by atoms with van der Waals surface area (Å²) in [5.74, 6) is 0.0780. The second-order valence-electron chi connectivity index (χ2n) is 3.99. The van der Waals surface area contributed by atoms with E-state index in [-0.39, 0.29) is 17.9 Å². The van der Waals surface area contributed by atoms with Gasteiger partial charge in [0.2, 0.25) is 5.91 Å². The van der Waals surface area contributed by atoms with Gasteiger partial charge >= 0.3 is 0 Å². The van der Waals surface area contributed by atoms with Gasteiger partial charge in [-0.3, -0.25) is 4.79 Å². The van der Waals surface area contributed by atoms with Crippen LogP contribution in [0.15, 0.2) is 0 Å². The van der Waals surface area contributed by atoms with Crippen molar-refractivity contribution in [3.8, 4) is 0 Å². The molecule has 4 nitrogen and oxygen atoms in total. The fourth-order valence-corrected chi connectivity index (χ4v) is 0.909. The van der Waals surface area contributed by atoms with Crippen molar-refractivity contribution < 1.29 is 9.90 Å². The first-order valence-corrected chi connectivity index (χ1v) is 5.17. The Kier molecular flexibility index (Phi) is 6.49. The van der Waals surface area contributed by atoms with E-state index in [2.05, 4.69) is 5.32 Å². The molecule has 1 amide bonds. The van der Waals surface area contributed by atoms with E-state index in [0.29, 0.717) is 13.0 Å². The maximum atomic E-state index is 11.2. The minimum absolute atomic E-state index is 0.0776. The normalized spacial score (nSPS) is 15.3. The average Bonchev–Trinajstić information content (AvgIpc) is 2.13. The van der Waals surface area contributed by atoms with Gasteiger partial charge < -0.3 is 16.2 Å². The summed E-state index contributed by atoms with van der Waals surface area (Å²) < 4.78 is 0.